The van der Waals surface area contributed by atoms with Gasteiger partial charge in [-0.25, -0.2) is 0 Å². The molecule has 3 aliphatic rings. The Balaban J connectivity index is 1.44. The Kier molecular flexibility index (Phi) is 8.43. The molecule has 0 spiro atoms. The zero-order valence-corrected chi connectivity index (χ0v) is 23.8. The topological polar surface area (TPSA) is 26.8 Å². The van der Waals surface area contributed by atoms with E-state index in [0.29, 0.717) is 17.9 Å². The maximum Gasteiger partial charge on any atom is 0.227 e. The van der Waals surface area contributed by atoms with Gasteiger partial charge in [-0.05, 0) is 79.5 Å². The lowest BCUT2D eigenvalue weighted by Gasteiger charge is -2.36. The van der Waals surface area contributed by atoms with Crippen LogP contribution in [0.3, 0.4) is 0 Å². The van der Waals surface area contributed by atoms with Gasteiger partial charge in [-0.15, -0.1) is 0 Å². The molecule has 1 amide bonds. The first kappa shape index (κ1) is 26.8. The van der Waals surface area contributed by atoms with Crippen LogP contribution >= 0.6 is 11.6 Å². The molecule has 2 aliphatic heterocycles. The first-order chi connectivity index (χ1) is 16.5. The summed E-state index contributed by atoms with van der Waals surface area (Å²) >= 11 is 6.36. The number of likely N-dealkylation sites (tertiary alicyclic amines) is 1. The monoisotopic (exact) mass is 501 g/mol. The van der Waals surface area contributed by atoms with Gasteiger partial charge in [0, 0.05) is 55.5 Å². The first-order valence-electron chi connectivity index (χ1n) is 14.1. The van der Waals surface area contributed by atoms with E-state index in [4.69, 9.17) is 11.6 Å². The van der Waals surface area contributed by atoms with Crippen molar-refractivity contribution in [2.45, 2.75) is 97.6 Å². The molecule has 0 aromatic heterocycles. The summed E-state index contributed by atoms with van der Waals surface area (Å²) in [6, 6.07) is 7.36. The molecular weight excluding hydrogens is 454 g/mol. The Hall–Kier alpha value is -1.26. The average molecular weight is 502 g/mol. The molecule has 2 heterocycles. The summed E-state index contributed by atoms with van der Waals surface area (Å²) in [7, 11) is 0. The van der Waals surface area contributed by atoms with Crippen LogP contribution in [0.1, 0.15) is 85.6 Å². The van der Waals surface area contributed by atoms with Crippen molar-refractivity contribution in [1.82, 2.24) is 9.80 Å². The van der Waals surface area contributed by atoms with E-state index in [1.165, 1.54) is 36.9 Å². The predicted octanol–water partition coefficient (Wildman–Crippen LogP) is 6.60. The number of amides is 1. The Morgan fingerprint density at radius 3 is 2.43 bits per heavy atom. The Morgan fingerprint density at radius 2 is 1.77 bits per heavy atom. The molecule has 2 atom stereocenters. The minimum Gasteiger partial charge on any atom is -0.370 e. The molecule has 0 bridgehead atoms. The second-order valence-electron chi connectivity index (χ2n) is 13.1. The van der Waals surface area contributed by atoms with Crippen molar-refractivity contribution in [2.24, 2.45) is 17.8 Å². The lowest BCUT2D eigenvalue weighted by molar-refractivity contribution is -0.137. The fourth-order valence-corrected chi connectivity index (χ4v) is 6.75. The molecule has 3 fully saturated rings. The molecule has 0 radical (unpaired) electrons. The van der Waals surface area contributed by atoms with E-state index < -0.39 is 0 Å². The number of carbonyl (C=O) groups excluding carboxylic acids is 1. The summed E-state index contributed by atoms with van der Waals surface area (Å²) in [4.78, 5) is 21.4. The molecule has 1 aromatic rings. The minimum atomic E-state index is 0.0101. The van der Waals surface area contributed by atoms with E-state index in [0.717, 1.165) is 62.5 Å². The lowest BCUT2D eigenvalue weighted by Crippen LogP contribution is -2.48. The van der Waals surface area contributed by atoms with Crippen molar-refractivity contribution in [3.8, 4) is 0 Å². The summed E-state index contributed by atoms with van der Waals surface area (Å²) in [5.74, 6) is 1.84. The fraction of sp³-hybridized carbons (Fsp3) is 0.767. The number of carbonyl (C=O) groups is 1. The van der Waals surface area contributed by atoms with E-state index in [-0.39, 0.29) is 11.3 Å². The molecule has 1 aromatic carbocycles. The third-order valence-corrected chi connectivity index (χ3v) is 8.86. The van der Waals surface area contributed by atoms with Crippen molar-refractivity contribution >= 4 is 23.2 Å². The third kappa shape index (κ3) is 6.36. The highest BCUT2D eigenvalue weighted by molar-refractivity contribution is 6.30. The van der Waals surface area contributed by atoms with Crippen molar-refractivity contribution in [2.75, 3.05) is 37.6 Å². The number of rotatable bonds is 6. The number of halogens is 1. The number of benzene rings is 1. The van der Waals surface area contributed by atoms with Gasteiger partial charge in [0.05, 0.1) is 5.92 Å². The van der Waals surface area contributed by atoms with Crippen LogP contribution < -0.4 is 4.90 Å². The van der Waals surface area contributed by atoms with Crippen LogP contribution in [0.25, 0.3) is 0 Å². The zero-order valence-electron chi connectivity index (χ0n) is 23.0. The SMILES string of the molecule is CC(C)CN(C(=O)[C@H]1CCN(c2ccc(Cl)cc2C(C)(C)C)C1)C1CCN(C2CCC(C)CC2)C1. The van der Waals surface area contributed by atoms with Crippen LogP contribution in [0.2, 0.25) is 5.02 Å². The molecule has 0 N–H and O–H groups in total. The van der Waals surface area contributed by atoms with Gasteiger partial charge in [0.15, 0.2) is 0 Å². The molecule has 1 aliphatic carbocycles. The second kappa shape index (κ2) is 11.0. The van der Waals surface area contributed by atoms with Crippen molar-refractivity contribution in [3.63, 3.8) is 0 Å². The fourth-order valence-electron chi connectivity index (χ4n) is 6.57. The van der Waals surface area contributed by atoms with Crippen molar-refractivity contribution in [1.29, 1.82) is 0 Å². The lowest BCUT2D eigenvalue weighted by atomic mass is 9.85. The van der Waals surface area contributed by atoms with Crippen molar-refractivity contribution < 1.29 is 4.79 Å². The number of nitrogens with zero attached hydrogens (tertiary/aromatic N) is 3. The van der Waals surface area contributed by atoms with Crippen LogP contribution in [-0.2, 0) is 10.2 Å². The standard InChI is InChI=1S/C30H48ClN3O/c1-21(2)18-34(26-14-16-32(20-26)25-10-7-22(3)8-11-25)29(35)23-13-15-33(19-23)28-12-9-24(31)17-27(28)30(4,5)6/h9,12,17,21-23,25-26H,7-8,10-11,13-16,18-20H2,1-6H3/t22?,23-,25?,26?/m0/s1. The highest BCUT2D eigenvalue weighted by Crippen LogP contribution is 2.37. The smallest absolute Gasteiger partial charge is 0.227 e. The van der Waals surface area contributed by atoms with Crippen LogP contribution in [0.5, 0.6) is 0 Å². The highest BCUT2D eigenvalue weighted by atomic mass is 35.5. The highest BCUT2D eigenvalue weighted by Gasteiger charge is 2.39. The van der Waals surface area contributed by atoms with Gasteiger partial charge in [-0.2, -0.15) is 0 Å². The molecule has 1 unspecified atom stereocenters. The van der Waals surface area contributed by atoms with Gasteiger partial charge >= 0.3 is 0 Å². The van der Waals surface area contributed by atoms with Gasteiger partial charge < -0.3 is 9.80 Å². The van der Waals surface area contributed by atoms with E-state index in [9.17, 15) is 4.79 Å². The average Bonchev–Trinajstić information content (AvgIpc) is 3.47. The molecule has 4 nitrogen and oxygen atoms in total. The van der Waals surface area contributed by atoms with Gasteiger partial charge in [-0.1, -0.05) is 53.1 Å². The van der Waals surface area contributed by atoms with Gasteiger partial charge in [0.25, 0.3) is 0 Å². The van der Waals surface area contributed by atoms with Gasteiger partial charge in [0.2, 0.25) is 5.91 Å². The first-order valence-corrected chi connectivity index (χ1v) is 14.5. The summed E-state index contributed by atoms with van der Waals surface area (Å²) in [5.41, 5.74) is 2.52. The molecule has 1 saturated carbocycles. The minimum absolute atomic E-state index is 0.0101. The molecule has 4 rings (SSSR count). The number of hydrogen-bond acceptors (Lipinski definition) is 3. The normalized spacial score (nSPS) is 28.2. The molecule has 196 valence electrons. The quantitative estimate of drug-likeness (QED) is 0.439. The maximum atomic E-state index is 14.0. The van der Waals surface area contributed by atoms with E-state index >= 15 is 0 Å². The van der Waals surface area contributed by atoms with E-state index in [1.54, 1.807) is 0 Å². The van der Waals surface area contributed by atoms with Crippen LogP contribution in [0, 0.1) is 17.8 Å². The Labute approximate surface area is 219 Å². The summed E-state index contributed by atoms with van der Waals surface area (Å²) < 4.78 is 0. The van der Waals surface area contributed by atoms with Crippen LogP contribution in [-0.4, -0.2) is 60.5 Å². The van der Waals surface area contributed by atoms with Gasteiger partial charge in [0.1, 0.15) is 0 Å². The van der Waals surface area contributed by atoms with E-state index in [2.05, 4.69) is 68.4 Å². The number of anilines is 1. The molecule has 5 heteroatoms. The van der Waals surface area contributed by atoms with Crippen LogP contribution in [0.15, 0.2) is 18.2 Å². The molecular formula is C30H48ClN3O. The van der Waals surface area contributed by atoms with Gasteiger partial charge in [-0.3, -0.25) is 9.69 Å². The maximum absolute atomic E-state index is 14.0. The zero-order chi connectivity index (χ0) is 25.3. The Bertz CT molecular complexity index is 871. The summed E-state index contributed by atoms with van der Waals surface area (Å²) in [6.45, 7) is 18.5. The van der Waals surface area contributed by atoms with Crippen LogP contribution in [0.4, 0.5) is 5.69 Å². The van der Waals surface area contributed by atoms with Crippen molar-refractivity contribution in [3.05, 3.63) is 28.8 Å². The molecule has 35 heavy (non-hydrogen) atoms. The largest absolute Gasteiger partial charge is 0.370 e. The number of hydrogen-bond donors (Lipinski definition) is 0. The van der Waals surface area contributed by atoms with E-state index in [1.807, 2.05) is 6.07 Å². The summed E-state index contributed by atoms with van der Waals surface area (Å²) in [6.07, 6.45) is 7.46. The Morgan fingerprint density at radius 1 is 1.06 bits per heavy atom. The summed E-state index contributed by atoms with van der Waals surface area (Å²) in [5, 5.41) is 0.784. The predicted molar refractivity (Wildman–Crippen MR) is 148 cm³/mol. The molecule has 2 saturated heterocycles. The third-order valence-electron chi connectivity index (χ3n) is 8.63. The second-order valence-corrected chi connectivity index (χ2v) is 13.5.